The molecule has 0 bridgehead atoms. The molecule has 1 aromatic carbocycles. The summed E-state index contributed by atoms with van der Waals surface area (Å²) in [5.41, 5.74) is 6.60. The van der Waals surface area contributed by atoms with Gasteiger partial charge < -0.3 is 11.1 Å². The van der Waals surface area contributed by atoms with E-state index in [-0.39, 0.29) is 23.7 Å². The number of nitrogens with two attached hydrogens (primary N) is 1. The van der Waals surface area contributed by atoms with Gasteiger partial charge in [-0.3, -0.25) is 4.79 Å². The second kappa shape index (κ2) is 5.77. The standard InChI is InChI=1S/C13H19FN2O/c1-8(2)12(15)13(17)16-9(3)10-4-6-11(14)7-5-10/h4-9,12H,15H2,1-3H3,(H,16,17)/t9?,12-/m1/s1. The smallest absolute Gasteiger partial charge is 0.237 e. The molecule has 0 radical (unpaired) electrons. The highest BCUT2D eigenvalue weighted by atomic mass is 19.1. The molecular formula is C13H19FN2O. The Bertz CT molecular complexity index is 376. The summed E-state index contributed by atoms with van der Waals surface area (Å²) in [5, 5.41) is 2.81. The number of hydrogen-bond acceptors (Lipinski definition) is 2. The van der Waals surface area contributed by atoms with E-state index in [0.717, 1.165) is 5.56 Å². The number of halogens is 1. The molecular weight excluding hydrogens is 219 g/mol. The Labute approximate surface area is 101 Å². The second-order valence-corrected chi connectivity index (χ2v) is 4.55. The van der Waals surface area contributed by atoms with E-state index in [1.807, 2.05) is 20.8 Å². The largest absolute Gasteiger partial charge is 0.348 e. The van der Waals surface area contributed by atoms with E-state index in [1.54, 1.807) is 12.1 Å². The van der Waals surface area contributed by atoms with Crippen molar-refractivity contribution >= 4 is 5.91 Å². The fraction of sp³-hybridized carbons (Fsp3) is 0.462. The molecule has 1 amide bonds. The molecule has 3 nitrogen and oxygen atoms in total. The van der Waals surface area contributed by atoms with Crippen LogP contribution in [0.3, 0.4) is 0 Å². The van der Waals surface area contributed by atoms with Crippen LogP contribution in [-0.2, 0) is 4.79 Å². The van der Waals surface area contributed by atoms with Crippen molar-refractivity contribution in [3.8, 4) is 0 Å². The van der Waals surface area contributed by atoms with Gasteiger partial charge in [0, 0.05) is 0 Å². The molecule has 1 rings (SSSR count). The molecule has 0 saturated carbocycles. The summed E-state index contributed by atoms with van der Waals surface area (Å²) < 4.78 is 12.7. The normalized spacial score (nSPS) is 14.5. The number of nitrogens with one attached hydrogen (secondary N) is 1. The van der Waals surface area contributed by atoms with Crippen LogP contribution >= 0.6 is 0 Å². The lowest BCUT2D eigenvalue weighted by Crippen LogP contribution is -2.44. The van der Waals surface area contributed by atoms with E-state index in [1.165, 1.54) is 12.1 Å². The fourth-order valence-corrected chi connectivity index (χ4v) is 1.45. The van der Waals surface area contributed by atoms with Gasteiger partial charge in [0.05, 0.1) is 12.1 Å². The first kappa shape index (κ1) is 13.6. The van der Waals surface area contributed by atoms with Crippen LogP contribution < -0.4 is 11.1 Å². The molecule has 4 heteroatoms. The summed E-state index contributed by atoms with van der Waals surface area (Å²) in [6, 6.07) is 5.37. The summed E-state index contributed by atoms with van der Waals surface area (Å²) >= 11 is 0. The maximum atomic E-state index is 12.7. The monoisotopic (exact) mass is 238 g/mol. The van der Waals surface area contributed by atoms with E-state index >= 15 is 0 Å². The Morgan fingerprint density at radius 1 is 1.24 bits per heavy atom. The van der Waals surface area contributed by atoms with Crippen molar-refractivity contribution in [1.82, 2.24) is 5.32 Å². The zero-order valence-electron chi connectivity index (χ0n) is 10.4. The number of hydrogen-bond donors (Lipinski definition) is 2. The minimum absolute atomic E-state index is 0.0930. The van der Waals surface area contributed by atoms with E-state index in [2.05, 4.69) is 5.32 Å². The molecule has 0 fully saturated rings. The number of rotatable bonds is 4. The highest BCUT2D eigenvalue weighted by Crippen LogP contribution is 2.13. The average molecular weight is 238 g/mol. The van der Waals surface area contributed by atoms with Crippen molar-refractivity contribution < 1.29 is 9.18 Å². The number of benzene rings is 1. The summed E-state index contributed by atoms with van der Waals surface area (Å²) in [4.78, 5) is 11.7. The first-order chi connectivity index (χ1) is 7.91. The van der Waals surface area contributed by atoms with Gasteiger partial charge in [0.2, 0.25) is 5.91 Å². The topological polar surface area (TPSA) is 55.1 Å². The number of amides is 1. The summed E-state index contributed by atoms with van der Waals surface area (Å²) in [6.07, 6.45) is 0. The lowest BCUT2D eigenvalue weighted by Gasteiger charge is -2.19. The van der Waals surface area contributed by atoms with Crippen molar-refractivity contribution in [2.45, 2.75) is 32.9 Å². The van der Waals surface area contributed by atoms with Crippen LogP contribution in [0.2, 0.25) is 0 Å². The quantitative estimate of drug-likeness (QED) is 0.842. The third-order valence-corrected chi connectivity index (χ3v) is 2.75. The van der Waals surface area contributed by atoms with Crippen LogP contribution in [-0.4, -0.2) is 11.9 Å². The predicted molar refractivity (Wildman–Crippen MR) is 65.8 cm³/mol. The Hall–Kier alpha value is -1.42. The van der Waals surface area contributed by atoms with Crippen LogP contribution in [0, 0.1) is 11.7 Å². The van der Waals surface area contributed by atoms with Crippen LogP contribution in [0.1, 0.15) is 32.4 Å². The molecule has 17 heavy (non-hydrogen) atoms. The van der Waals surface area contributed by atoms with E-state index in [9.17, 15) is 9.18 Å². The highest BCUT2D eigenvalue weighted by Gasteiger charge is 2.19. The molecule has 0 aliphatic rings. The van der Waals surface area contributed by atoms with Crippen molar-refractivity contribution in [3.05, 3.63) is 35.6 Å². The van der Waals surface area contributed by atoms with Crippen LogP contribution in [0.4, 0.5) is 4.39 Å². The Morgan fingerprint density at radius 2 is 1.76 bits per heavy atom. The summed E-state index contributed by atoms with van der Waals surface area (Å²) in [5.74, 6) is -0.376. The average Bonchev–Trinajstić information content (AvgIpc) is 2.28. The van der Waals surface area contributed by atoms with Gasteiger partial charge >= 0.3 is 0 Å². The molecule has 1 aromatic rings. The van der Waals surface area contributed by atoms with Gasteiger partial charge in [0.25, 0.3) is 0 Å². The third kappa shape index (κ3) is 3.82. The zero-order chi connectivity index (χ0) is 13.0. The maximum absolute atomic E-state index is 12.7. The molecule has 2 atom stereocenters. The Kier molecular flexibility index (Phi) is 4.63. The minimum Gasteiger partial charge on any atom is -0.348 e. The lowest BCUT2D eigenvalue weighted by molar-refractivity contribution is -0.123. The molecule has 3 N–H and O–H groups in total. The molecule has 0 spiro atoms. The minimum atomic E-state index is -0.516. The van der Waals surface area contributed by atoms with Gasteiger partial charge in [-0.05, 0) is 30.5 Å². The van der Waals surface area contributed by atoms with Gasteiger partial charge in [0.1, 0.15) is 5.82 Å². The van der Waals surface area contributed by atoms with E-state index in [0.29, 0.717) is 0 Å². The first-order valence-corrected chi connectivity index (χ1v) is 5.73. The number of carbonyl (C=O) groups excluding carboxylic acids is 1. The Balaban J connectivity index is 2.63. The molecule has 94 valence electrons. The van der Waals surface area contributed by atoms with Crippen molar-refractivity contribution in [2.24, 2.45) is 11.7 Å². The second-order valence-electron chi connectivity index (χ2n) is 4.55. The predicted octanol–water partition coefficient (Wildman–Crippen LogP) is 1.99. The van der Waals surface area contributed by atoms with Crippen LogP contribution in [0.15, 0.2) is 24.3 Å². The first-order valence-electron chi connectivity index (χ1n) is 5.73. The summed E-state index contributed by atoms with van der Waals surface area (Å²) in [6.45, 7) is 5.64. The van der Waals surface area contributed by atoms with Gasteiger partial charge in [-0.1, -0.05) is 26.0 Å². The van der Waals surface area contributed by atoms with Gasteiger partial charge in [-0.2, -0.15) is 0 Å². The van der Waals surface area contributed by atoms with Gasteiger partial charge in [-0.25, -0.2) is 4.39 Å². The van der Waals surface area contributed by atoms with Crippen molar-refractivity contribution in [2.75, 3.05) is 0 Å². The molecule has 0 saturated heterocycles. The van der Waals surface area contributed by atoms with Crippen LogP contribution in [0.5, 0.6) is 0 Å². The molecule has 0 aromatic heterocycles. The Morgan fingerprint density at radius 3 is 2.24 bits per heavy atom. The lowest BCUT2D eigenvalue weighted by atomic mass is 10.0. The maximum Gasteiger partial charge on any atom is 0.237 e. The third-order valence-electron chi connectivity index (χ3n) is 2.75. The summed E-state index contributed by atoms with van der Waals surface area (Å²) in [7, 11) is 0. The zero-order valence-corrected chi connectivity index (χ0v) is 10.4. The molecule has 0 aliphatic carbocycles. The highest BCUT2D eigenvalue weighted by molar-refractivity contribution is 5.82. The fourth-order valence-electron chi connectivity index (χ4n) is 1.45. The van der Waals surface area contributed by atoms with Crippen LogP contribution in [0.25, 0.3) is 0 Å². The van der Waals surface area contributed by atoms with Crippen molar-refractivity contribution in [1.29, 1.82) is 0 Å². The molecule has 0 aliphatic heterocycles. The number of carbonyl (C=O) groups is 1. The van der Waals surface area contributed by atoms with Gasteiger partial charge in [-0.15, -0.1) is 0 Å². The van der Waals surface area contributed by atoms with Crippen molar-refractivity contribution in [3.63, 3.8) is 0 Å². The SMILES string of the molecule is CC(NC(=O)[C@H](N)C(C)C)c1ccc(F)cc1. The van der Waals surface area contributed by atoms with E-state index < -0.39 is 6.04 Å². The van der Waals surface area contributed by atoms with Gasteiger partial charge in [0.15, 0.2) is 0 Å². The molecule has 0 heterocycles. The molecule has 1 unspecified atom stereocenters. The van der Waals surface area contributed by atoms with E-state index in [4.69, 9.17) is 5.73 Å².